The summed E-state index contributed by atoms with van der Waals surface area (Å²) in [5.41, 5.74) is 3.96. The van der Waals surface area contributed by atoms with Gasteiger partial charge in [-0.15, -0.1) is 0 Å². The Morgan fingerprint density at radius 1 is 1.00 bits per heavy atom. The number of rotatable bonds is 5. The zero-order valence-electron chi connectivity index (χ0n) is 14.9. The summed E-state index contributed by atoms with van der Waals surface area (Å²) >= 11 is 0. The molecule has 0 unspecified atom stereocenters. The molecule has 1 heterocycles. The van der Waals surface area contributed by atoms with Gasteiger partial charge in [-0.2, -0.15) is 5.10 Å². The highest BCUT2D eigenvalue weighted by Gasteiger charge is 2.11. The van der Waals surface area contributed by atoms with E-state index in [4.69, 9.17) is 4.74 Å². The first-order valence-electron chi connectivity index (χ1n) is 8.69. The average Bonchev–Trinajstić information content (AvgIpc) is 3.10. The van der Waals surface area contributed by atoms with Gasteiger partial charge in [0.05, 0.1) is 19.0 Å². The molecule has 5 nitrogen and oxygen atoms in total. The molecule has 0 saturated heterocycles. The van der Waals surface area contributed by atoms with E-state index in [0.717, 1.165) is 33.3 Å². The van der Waals surface area contributed by atoms with Crippen LogP contribution in [0.15, 0.2) is 72.8 Å². The maximum absolute atomic E-state index is 12.5. The number of H-pyrrole nitrogens is 1. The summed E-state index contributed by atoms with van der Waals surface area (Å²) in [7, 11) is 1.61. The maximum Gasteiger partial charge on any atom is 0.230 e. The van der Waals surface area contributed by atoms with Crippen LogP contribution in [0.1, 0.15) is 5.56 Å². The lowest BCUT2D eigenvalue weighted by atomic mass is 10.0. The fraction of sp³-hybridized carbons (Fsp3) is 0.0909. The minimum atomic E-state index is -0.123. The topological polar surface area (TPSA) is 67.0 Å². The molecule has 0 atom stereocenters. The number of nitrogens with one attached hydrogen (secondary N) is 2. The number of hydrogen-bond acceptors (Lipinski definition) is 3. The molecule has 0 bridgehead atoms. The SMILES string of the molecule is COc1cccc(CC(=O)Nc2n[nH]c3ccc(-c4ccccc4)cc23)c1. The molecular formula is C22H19N3O2. The fourth-order valence-electron chi connectivity index (χ4n) is 3.06. The van der Waals surface area contributed by atoms with Gasteiger partial charge in [-0.05, 0) is 41.0 Å². The van der Waals surface area contributed by atoms with E-state index in [9.17, 15) is 4.79 Å². The van der Waals surface area contributed by atoms with Gasteiger partial charge in [-0.25, -0.2) is 0 Å². The molecule has 134 valence electrons. The normalized spacial score (nSPS) is 10.7. The molecule has 4 rings (SSSR count). The van der Waals surface area contributed by atoms with Gasteiger partial charge in [0.15, 0.2) is 5.82 Å². The highest BCUT2D eigenvalue weighted by atomic mass is 16.5. The largest absolute Gasteiger partial charge is 0.497 e. The van der Waals surface area contributed by atoms with Crippen LogP contribution in [0.3, 0.4) is 0 Å². The lowest BCUT2D eigenvalue weighted by Gasteiger charge is -2.06. The smallest absolute Gasteiger partial charge is 0.230 e. The quantitative estimate of drug-likeness (QED) is 0.556. The van der Waals surface area contributed by atoms with E-state index in [1.165, 1.54) is 0 Å². The highest BCUT2D eigenvalue weighted by molar-refractivity contribution is 6.01. The third-order valence-corrected chi connectivity index (χ3v) is 4.43. The van der Waals surface area contributed by atoms with Gasteiger partial charge >= 0.3 is 0 Å². The second-order valence-corrected chi connectivity index (χ2v) is 6.28. The molecule has 0 saturated carbocycles. The predicted octanol–water partition coefficient (Wildman–Crippen LogP) is 4.42. The Hall–Kier alpha value is -3.60. The number of nitrogens with zero attached hydrogens (tertiary/aromatic N) is 1. The summed E-state index contributed by atoms with van der Waals surface area (Å²) in [4.78, 5) is 12.5. The van der Waals surface area contributed by atoms with Crippen LogP contribution in [0.25, 0.3) is 22.0 Å². The molecule has 3 aromatic carbocycles. The third kappa shape index (κ3) is 3.67. The molecular weight excluding hydrogens is 338 g/mol. The lowest BCUT2D eigenvalue weighted by molar-refractivity contribution is -0.115. The Balaban J connectivity index is 1.57. The molecule has 27 heavy (non-hydrogen) atoms. The number of amides is 1. The van der Waals surface area contributed by atoms with E-state index in [1.807, 2.05) is 60.7 Å². The van der Waals surface area contributed by atoms with Gasteiger partial charge in [-0.3, -0.25) is 9.89 Å². The van der Waals surface area contributed by atoms with Crippen LogP contribution in [0.5, 0.6) is 5.75 Å². The Morgan fingerprint density at radius 2 is 1.85 bits per heavy atom. The molecule has 0 spiro atoms. The molecule has 0 fully saturated rings. The summed E-state index contributed by atoms with van der Waals surface area (Å²) in [6.45, 7) is 0. The summed E-state index contributed by atoms with van der Waals surface area (Å²) < 4.78 is 5.21. The van der Waals surface area contributed by atoms with Crippen molar-refractivity contribution in [2.45, 2.75) is 6.42 Å². The van der Waals surface area contributed by atoms with Gasteiger partial charge in [0.1, 0.15) is 5.75 Å². The molecule has 4 aromatic rings. The maximum atomic E-state index is 12.5. The lowest BCUT2D eigenvalue weighted by Crippen LogP contribution is -2.14. The van der Waals surface area contributed by atoms with Crippen LogP contribution in [0.4, 0.5) is 5.82 Å². The molecule has 0 aliphatic heterocycles. The average molecular weight is 357 g/mol. The molecule has 1 aromatic heterocycles. The van der Waals surface area contributed by atoms with Crippen LogP contribution < -0.4 is 10.1 Å². The monoisotopic (exact) mass is 357 g/mol. The van der Waals surface area contributed by atoms with Crippen LogP contribution in [-0.2, 0) is 11.2 Å². The van der Waals surface area contributed by atoms with Crippen molar-refractivity contribution in [1.82, 2.24) is 10.2 Å². The molecule has 0 aliphatic rings. The minimum Gasteiger partial charge on any atom is -0.497 e. The summed E-state index contributed by atoms with van der Waals surface area (Å²) in [6, 6.07) is 23.7. The molecule has 1 amide bonds. The standard InChI is InChI=1S/C22H19N3O2/c1-27-18-9-5-6-15(12-18)13-21(26)23-22-19-14-17(10-11-20(19)24-25-22)16-7-3-2-4-8-16/h2-12,14H,13H2,1H3,(H2,23,24,25,26). The van der Waals surface area contributed by atoms with Gasteiger partial charge < -0.3 is 10.1 Å². The first-order valence-corrected chi connectivity index (χ1v) is 8.69. The number of methoxy groups -OCH3 is 1. The van der Waals surface area contributed by atoms with E-state index >= 15 is 0 Å². The number of hydrogen-bond donors (Lipinski definition) is 2. The second kappa shape index (κ2) is 7.33. The molecule has 5 heteroatoms. The second-order valence-electron chi connectivity index (χ2n) is 6.28. The molecule has 0 aliphatic carbocycles. The van der Waals surface area contributed by atoms with Crippen molar-refractivity contribution in [2.24, 2.45) is 0 Å². The van der Waals surface area contributed by atoms with Gasteiger partial charge in [-0.1, -0.05) is 48.5 Å². The predicted molar refractivity (Wildman–Crippen MR) is 107 cm³/mol. The number of carbonyl (C=O) groups excluding carboxylic acids is 1. The third-order valence-electron chi connectivity index (χ3n) is 4.43. The number of anilines is 1. The number of ether oxygens (including phenoxy) is 1. The van der Waals surface area contributed by atoms with E-state index in [0.29, 0.717) is 5.82 Å². The van der Waals surface area contributed by atoms with Crippen molar-refractivity contribution in [3.63, 3.8) is 0 Å². The van der Waals surface area contributed by atoms with Crippen molar-refractivity contribution in [2.75, 3.05) is 12.4 Å². The first kappa shape index (κ1) is 16.8. The Morgan fingerprint density at radius 3 is 2.67 bits per heavy atom. The van der Waals surface area contributed by atoms with Crippen molar-refractivity contribution in [1.29, 1.82) is 0 Å². The van der Waals surface area contributed by atoms with Crippen molar-refractivity contribution >= 4 is 22.6 Å². The Labute approximate surface area is 157 Å². The van der Waals surface area contributed by atoms with E-state index in [-0.39, 0.29) is 12.3 Å². The van der Waals surface area contributed by atoms with Crippen LogP contribution in [-0.4, -0.2) is 23.2 Å². The number of aromatic amines is 1. The van der Waals surface area contributed by atoms with Crippen molar-refractivity contribution in [3.8, 4) is 16.9 Å². The first-order chi connectivity index (χ1) is 13.2. The molecule has 2 N–H and O–H groups in total. The van der Waals surface area contributed by atoms with Crippen LogP contribution in [0.2, 0.25) is 0 Å². The van der Waals surface area contributed by atoms with E-state index in [1.54, 1.807) is 7.11 Å². The number of fused-ring (bicyclic) bond motifs is 1. The van der Waals surface area contributed by atoms with E-state index in [2.05, 4.69) is 27.6 Å². The Kier molecular flexibility index (Phi) is 4.58. The zero-order chi connectivity index (χ0) is 18.6. The number of benzene rings is 3. The Bertz CT molecular complexity index is 1090. The van der Waals surface area contributed by atoms with Gasteiger partial charge in [0, 0.05) is 5.39 Å². The van der Waals surface area contributed by atoms with Crippen molar-refractivity contribution in [3.05, 3.63) is 78.4 Å². The molecule has 0 radical (unpaired) electrons. The number of carbonyl (C=O) groups is 1. The summed E-state index contributed by atoms with van der Waals surface area (Å²) in [6.07, 6.45) is 0.254. The van der Waals surface area contributed by atoms with Gasteiger partial charge in [0.25, 0.3) is 0 Å². The van der Waals surface area contributed by atoms with E-state index < -0.39 is 0 Å². The zero-order valence-corrected chi connectivity index (χ0v) is 14.9. The number of aromatic nitrogens is 2. The highest BCUT2D eigenvalue weighted by Crippen LogP contribution is 2.27. The van der Waals surface area contributed by atoms with Crippen molar-refractivity contribution < 1.29 is 9.53 Å². The van der Waals surface area contributed by atoms with Crippen LogP contribution >= 0.6 is 0 Å². The summed E-state index contributed by atoms with van der Waals surface area (Å²) in [5, 5.41) is 11.0. The van der Waals surface area contributed by atoms with Crippen LogP contribution in [0, 0.1) is 0 Å². The minimum absolute atomic E-state index is 0.123. The fourth-order valence-corrected chi connectivity index (χ4v) is 3.06. The summed E-state index contributed by atoms with van der Waals surface area (Å²) in [5.74, 6) is 1.15. The van der Waals surface area contributed by atoms with Gasteiger partial charge in [0.2, 0.25) is 5.91 Å².